The number of aliphatic hydroxyl groups excluding tert-OH is 1. The monoisotopic (exact) mass is 407 g/mol. The molecular weight excluding hydrogens is 381 g/mol. The molecule has 0 fully saturated rings. The van der Waals surface area contributed by atoms with E-state index in [0.29, 0.717) is 6.42 Å². The fourth-order valence-electron chi connectivity index (χ4n) is 2.94. The van der Waals surface area contributed by atoms with Crippen molar-refractivity contribution >= 4 is 23.0 Å². The van der Waals surface area contributed by atoms with Crippen LogP contribution in [-0.4, -0.2) is 56.0 Å². The molecule has 9 nitrogen and oxygen atoms in total. The quantitative estimate of drug-likeness (QED) is 0.248. The molecule has 0 aliphatic rings. The van der Waals surface area contributed by atoms with Crippen LogP contribution in [0.4, 0.5) is 10.2 Å². The predicted octanol–water partition coefficient (Wildman–Crippen LogP) is 1.44. The summed E-state index contributed by atoms with van der Waals surface area (Å²) < 4.78 is 25.9. The Balaban J connectivity index is 2.29. The van der Waals surface area contributed by atoms with Crippen molar-refractivity contribution in [3.8, 4) is 12.3 Å². The number of nitrogens with zero attached hydrogens (tertiary/aromatic N) is 4. The van der Waals surface area contributed by atoms with Crippen LogP contribution in [0, 0.1) is 18.4 Å². The van der Waals surface area contributed by atoms with Crippen molar-refractivity contribution in [2.24, 2.45) is 0 Å². The minimum Gasteiger partial charge on any atom is -0.456 e. The highest BCUT2D eigenvalue weighted by atomic mass is 19.1. The molecule has 29 heavy (non-hydrogen) atoms. The molecule has 0 radical (unpaired) electrons. The molecular formula is C19H26FN5O4. The molecule has 2 heterocycles. The largest absolute Gasteiger partial charge is 0.456 e. The van der Waals surface area contributed by atoms with Crippen LogP contribution in [0.2, 0.25) is 0 Å². The number of halogens is 1. The maximum Gasteiger partial charge on any atom is 0.312 e. The molecule has 1 unspecified atom stereocenters. The zero-order valence-corrected chi connectivity index (χ0v) is 16.6. The molecule has 0 saturated heterocycles. The molecule has 158 valence electrons. The number of hydrogen-bond donors (Lipinski definition) is 2. The number of imidazole rings is 1. The Kier molecular flexibility index (Phi) is 7.87. The molecule has 0 bridgehead atoms. The molecule has 0 aliphatic heterocycles. The Labute approximate surface area is 168 Å². The standard InChI is InChI=1S/C19H26FN5O4/c1-4-6-7-8-9-14(27)29-13(19(5-2,11-26)28-3)10-25-12-22-15-16(21)23-18(20)24-17(15)25/h2,12-13,26H,4,6-11H2,1,3H3,(H2,21,23,24)/t13-,19?/m0/s1. The molecule has 3 N–H and O–H groups in total. The van der Waals surface area contributed by atoms with Gasteiger partial charge in [-0.2, -0.15) is 14.4 Å². The predicted molar refractivity (Wildman–Crippen MR) is 104 cm³/mol. The number of nitrogens with two attached hydrogens (primary N) is 1. The van der Waals surface area contributed by atoms with Gasteiger partial charge in [-0.05, 0) is 6.42 Å². The van der Waals surface area contributed by atoms with Crippen molar-refractivity contribution in [2.75, 3.05) is 19.5 Å². The maximum atomic E-state index is 13.6. The number of fused-ring (bicyclic) bond motifs is 1. The van der Waals surface area contributed by atoms with Crippen LogP contribution in [0.5, 0.6) is 0 Å². The summed E-state index contributed by atoms with van der Waals surface area (Å²) in [4.78, 5) is 23.6. The summed E-state index contributed by atoms with van der Waals surface area (Å²) in [6.07, 6.45) is 8.70. The summed E-state index contributed by atoms with van der Waals surface area (Å²) in [5.41, 5.74) is 4.39. The molecule has 0 aliphatic carbocycles. The number of hydrogen-bond acceptors (Lipinski definition) is 8. The van der Waals surface area contributed by atoms with Gasteiger partial charge in [0.15, 0.2) is 23.2 Å². The lowest BCUT2D eigenvalue weighted by atomic mass is 9.97. The number of rotatable bonds is 11. The van der Waals surface area contributed by atoms with Gasteiger partial charge in [0.2, 0.25) is 0 Å². The van der Waals surface area contributed by atoms with Gasteiger partial charge < -0.3 is 24.9 Å². The summed E-state index contributed by atoms with van der Waals surface area (Å²) in [6, 6.07) is 0. The molecule has 0 amide bonds. The number of methoxy groups -OCH3 is 1. The van der Waals surface area contributed by atoms with Gasteiger partial charge in [0.25, 0.3) is 0 Å². The Morgan fingerprint density at radius 3 is 2.83 bits per heavy atom. The SMILES string of the molecule is C#CC(CO)(OC)[C@H](Cn1cnc2c(N)nc(F)nc21)OC(=O)CCCCCC. The second kappa shape index (κ2) is 10.1. The minimum atomic E-state index is -1.59. The highest BCUT2D eigenvalue weighted by molar-refractivity contribution is 5.81. The van der Waals surface area contributed by atoms with Gasteiger partial charge in [0.1, 0.15) is 5.52 Å². The molecule has 2 aromatic heterocycles. The van der Waals surface area contributed by atoms with Crippen molar-refractivity contribution in [3.05, 3.63) is 12.4 Å². The number of anilines is 1. The summed E-state index contributed by atoms with van der Waals surface area (Å²) >= 11 is 0. The smallest absolute Gasteiger partial charge is 0.312 e. The van der Waals surface area contributed by atoms with E-state index in [-0.39, 0.29) is 29.9 Å². The lowest BCUT2D eigenvalue weighted by Gasteiger charge is -2.33. The number of terminal acetylenes is 1. The van der Waals surface area contributed by atoms with Crippen LogP contribution >= 0.6 is 0 Å². The van der Waals surface area contributed by atoms with Gasteiger partial charge >= 0.3 is 12.0 Å². The van der Waals surface area contributed by atoms with Crippen molar-refractivity contribution in [1.82, 2.24) is 19.5 Å². The number of carbonyl (C=O) groups excluding carboxylic acids is 1. The lowest BCUT2D eigenvalue weighted by Crippen LogP contribution is -2.50. The zero-order chi connectivity index (χ0) is 21.4. The number of esters is 1. The molecule has 2 rings (SSSR count). The van der Waals surface area contributed by atoms with Crippen molar-refractivity contribution in [3.63, 3.8) is 0 Å². The molecule has 10 heteroatoms. The molecule has 2 aromatic rings. The van der Waals surface area contributed by atoms with Gasteiger partial charge in [0, 0.05) is 13.5 Å². The minimum absolute atomic E-state index is 0.0777. The van der Waals surface area contributed by atoms with E-state index in [9.17, 15) is 14.3 Å². The van der Waals surface area contributed by atoms with E-state index in [2.05, 4.69) is 27.8 Å². The number of unbranched alkanes of at least 4 members (excludes halogenated alkanes) is 3. The second-order valence-corrected chi connectivity index (χ2v) is 6.63. The Morgan fingerprint density at radius 2 is 2.21 bits per heavy atom. The van der Waals surface area contributed by atoms with E-state index in [4.69, 9.17) is 21.6 Å². The van der Waals surface area contributed by atoms with E-state index in [1.54, 1.807) is 0 Å². The van der Waals surface area contributed by atoms with Gasteiger partial charge in [-0.1, -0.05) is 32.1 Å². The average Bonchev–Trinajstić information content (AvgIpc) is 3.10. The second-order valence-electron chi connectivity index (χ2n) is 6.63. The van der Waals surface area contributed by atoms with Crippen molar-refractivity contribution in [2.45, 2.75) is 57.3 Å². The van der Waals surface area contributed by atoms with Crippen LogP contribution in [-0.2, 0) is 20.8 Å². The van der Waals surface area contributed by atoms with Crippen molar-refractivity contribution < 1.29 is 23.8 Å². The Morgan fingerprint density at radius 1 is 1.45 bits per heavy atom. The number of aromatic nitrogens is 4. The van der Waals surface area contributed by atoms with E-state index in [1.807, 2.05) is 0 Å². The highest BCUT2D eigenvalue weighted by Crippen LogP contribution is 2.23. The number of nitrogen functional groups attached to an aromatic ring is 1. The van der Waals surface area contributed by atoms with Crippen LogP contribution in [0.15, 0.2) is 6.33 Å². The van der Waals surface area contributed by atoms with E-state index >= 15 is 0 Å². The highest BCUT2D eigenvalue weighted by Gasteiger charge is 2.40. The van der Waals surface area contributed by atoms with E-state index in [0.717, 1.165) is 19.3 Å². The Bertz CT molecular complexity index is 875. The Hall–Kier alpha value is -2.77. The third-order valence-corrected chi connectivity index (χ3v) is 4.70. The normalized spacial score (nSPS) is 14.3. The van der Waals surface area contributed by atoms with Crippen LogP contribution in [0.1, 0.15) is 39.0 Å². The maximum absolute atomic E-state index is 13.6. The lowest BCUT2D eigenvalue weighted by molar-refractivity contribution is -0.168. The fraction of sp³-hybridized carbons (Fsp3) is 0.579. The summed E-state index contributed by atoms with van der Waals surface area (Å²) in [5, 5.41) is 9.85. The molecule has 0 aromatic carbocycles. The summed E-state index contributed by atoms with van der Waals surface area (Å²) in [5.74, 6) is 1.78. The van der Waals surface area contributed by atoms with Gasteiger partial charge in [0.05, 0.1) is 19.5 Å². The average molecular weight is 407 g/mol. The zero-order valence-electron chi connectivity index (χ0n) is 16.6. The van der Waals surface area contributed by atoms with Gasteiger partial charge in [-0.3, -0.25) is 4.79 Å². The van der Waals surface area contributed by atoms with Crippen LogP contribution < -0.4 is 5.73 Å². The topological polar surface area (TPSA) is 125 Å². The third-order valence-electron chi connectivity index (χ3n) is 4.70. The molecule has 0 spiro atoms. The fourth-order valence-corrected chi connectivity index (χ4v) is 2.94. The van der Waals surface area contributed by atoms with E-state index in [1.165, 1.54) is 18.0 Å². The number of ether oxygens (including phenoxy) is 2. The third kappa shape index (κ3) is 5.19. The van der Waals surface area contributed by atoms with Crippen molar-refractivity contribution in [1.29, 1.82) is 0 Å². The first-order valence-electron chi connectivity index (χ1n) is 9.37. The number of carbonyl (C=O) groups is 1. The van der Waals surface area contributed by atoms with Gasteiger partial charge in [-0.15, -0.1) is 6.42 Å². The van der Waals surface area contributed by atoms with Gasteiger partial charge in [-0.25, -0.2) is 4.98 Å². The first-order valence-corrected chi connectivity index (χ1v) is 9.37. The summed E-state index contributed by atoms with van der Waals surface area (Å²) in [7, 11) is 1.31. The molecule has 2 atom stereocenters. The van der Waals surface area contributed by atoms with Crippen LogP contribution in [0.3, 0.4) is 0 Å². The van der Waals surface area contributed by atoms with Crippen LogP contribution in [0.25, 0.3) is 11.2 Å². The first-order chi connectivity index (χ1) is 13.9. The summed E-state index contributed by atoms with van der Waals surface area (Å²) in [6.45, 7) is 1.40. The van der Waals surface area contributed by atoms with E-state index < -0.39 is 30.4 Å². The molecule has 0 saturated carbocycles. The number of aliphatic hydroxyl groups is 1. The first kappa shape index (κ1) is 22.5.